The zero-order chi connectivity index (χ0) is 12.4. The van der Waals surface area contributed by atoms with Crippen LogP contribution in [0.25, 0.3) is 0 Å². The summed E-state index contributed by atoms with van der Waals surface area (Å²) in [4.78, 5) is 1.71. The largest absolute Gasteiger partial charge is 0.397 e. The molecule has 4 heteroatoms. The minimum absolute atomic E-state index is 0.543. The van der Waals surface area contributed by atoms with E-state index in [0.29, 0.717) is 11.4 Å². The first-order valence-corrected chi connectivity index (χ1v) is 5.13. The lowest BCUT2D eigenvalue weighted by molar-refractivity contribution is 0.509. The number of nitrogen functional groups attached to an aromatic ring is 1. The van der Waals surface area contributed by atoms with Crippen molar-refractivity contribution < 1.29 is 8.78 Å². The van der Waals surface area contributed by atoms with Crippen LogP contribution in [-0.2, 0) is 0 Å². The summed E-state index contributed by atoms with van der Waals surface area (Å²) in [7, 11) is 1.75. The third-order valence-electron chi connectivity index (χ3n) is 2.59. The van der Waals surface area contributed by atoms with Gasteiger partial charge in [-0.05, 0) is 24.3 Å². The molecule has 0 saturated carbocycles. The topological polar surface area (TPSA) is 29.3 Å². The smallest absolute Gasteiger partial charge is 0.160 e. The average molecular weight is 234 g/mol. The zero-order valence-corrected chi connectivity index (χ0v) is 9.32. The van der Waals surface area contributed by atoms with Gasteiger partial charge in [-0.25, -0.2) is 8.78 Å². The Morgan fingerprint density at radius 1 is 1.00 bits per heavy atom. The number of hydrogen-bond acceptors (Lipinski definition) is 2. The molecule has 0 fully saturated rings. The number of anilines is 3. The number of para-hydroxylation sites is 2. The molecule has 2 nitrogen and oxygen atoms in total. The standard InChI is InChI=1S/C13H12F2N2/c1-17(13-5-3-2-4-12(13)16)9-6-7-10(14)11(15)8-9/h2-8H,16H2,1H3. The second-order valence-electron chi connectivity index (χ2n) is 3.72. The number of nitrogens with zero attached hydrogens (tertiary/aromatic N) is 1. The second-order valence-corrected chi connectivity index (χ2v) is 3.72. The maximum atomic E-state index is 13.1. The van der Waals surface area contributed by atoms with Gasteiger partial charge in [-0.15, -0.1) is 0 Å². The van der Waals surface area contributed by atoms with Crippen molar-refractivity contribution in [3.05, 3.63) is 54.1 Å². The number of benzene rings is 2. The van der Waals surface area contributed by atoms with Crippen LogP contribution in [0.5, 0.6) is 0 Å². The molecule has 17 heavy (non-hydrogen) atoms. The zero-order valence-electron chi connectivity index (χ0n) is 9.32. The van der Waals surface area contributed by atoms with Crippen LogP contribution < -0.4 is 10.6 Å². The lowest BCUT2D eigenvalue weighted by Gasteiger charge is -2.21. The lowest BCUT2D eigenvalue weighted by atomic mass is 10.2. The molecule has 0 aromatic heterocycles. The molecule has 2 aromatic rings. The molecule has 0 bridgehead atoms. The monoisotopic (exact) mass is 234 g/mol. The van der Waals surface area contributed by atoms with E-state index in [1.807, 2.05) is 18.2 Å². The van der Waals surface area contributed by atoms with Gasteiger partial charge in [-0.1, -0.05) is 12.1 Å². The third kappa shape index (κ3) is 2.20. The molecule has 0 saturated heterocycles. The highest BCUT2D eigenvalue weighted by Gasteiger charge is 2.09. The maximum absolute atomic E-state index is 13.1. The van der Waals surface area contributed by atoms with Crippen molar-refractivity contribution in [1.29, 1.82) is 0 Å². The summed E-state index contributed by atoms with van der Waals surface area (Å²) in [5.41, 5.74) is 7.69. The highest BCUT2D eigenvalue weighted by Crippen LogP contribution is 2.29. The molecule has 0 aliphatic rings. The summed E-state index contributed by atoms with van der Waals surface area (Å²) in [6, 6.07) is 11.0. The Balaban J connectivity index is 2.40. The normalized spacial score (nSPS) is 10.3. The van der Waals surface area contributed by atoms with Crippen LogP contribution in [0.3, 0.4) is 0 Å². The van der Waals surface area contributed by atoms with Gasteiger partial charge >= 0.3 is 0 Å². The molecule has 0 atom stereocenters. The van der Waals surface area contributed by atoms with Crippen LogP contribution >= 0.6 is 0 Å². The van der Waals surface area contributed by atoms with Crippen molar-refractivity contribution in [2.24, 2.45) is 0 Å². The van der Waals surface area contributed by atoms with E-state index in [4.69, 9.17) is 5.73 Å². The van der Waals surface area contributed by atoms with Crippen molar-refractivity contribution in [3.8, 4) is 0 Å². The lowest BCUT2D eigenvalue weighted by Crippen LogP contribution is -2.11. The summed E-state index contributed by atoms with van der Waals surface area (Å²) < 4.78 is 25.9. The van der Waals surface area contributed by atoms with Gasteiger partial charge in [0.2, 0.25) is 0 Å². The van der Waals surface area contributed by atoms with Gasteiger partial charge in [0.15, 0.2) is 11.6 Å². The fraction of sp³-hybridized carbons (Fsp3) is 0.0769. The molecule has 0 radical (unpaired) electrons. The first-order chi connectivity index (χ1) is 8.09. The fourth-order valence-electron chi connectivity index (χ4n) is 1.63. The van der Waals surface area contributed by atoms with E-state index in [1.165, 1.54) is 6.07 Å². The van der Waals surface area contributed by atoms with E-state index < -0.39 is 11.6 Å². The molecule has 0 aliphatic carbocycles. The Morgan fingerprint density at radius 3 is 2.35 bits per heavy atom. The van der Waals surface area contributed by atoms with E-state index in [0.717, 1.165) is 17.8 Å². The first-order valence-electron chi connectivity index (χ1n) is 5.13. The Bertz CT molecular complexity index is 541. The van der Waals surface area contributed by atoms with E-state index in [9.17, 15) is 8.78 Å². The molecule has 2 aromatic carbocycles. The van der Waals surface area contributed by atoms with Crippen LogP contribution in [0.15, 0.2) is 42.5 Å². The highest BCUT2D eigenvalue weighted by atomic mass is 19.2. The molecule has 0 heterocycles. The average Bonchev–Trinajstić information content (AvgIpc) is 2.32. The molecule has 0 unspecified atom stereocenters. The summed E-state index contributed by atoms with van der Waals surface area (Å²) in [5, 5.41) is 0. The second kappa shape index (κ2) is 4.41. The quantitative estimate of drug-likeness (QED) is 0.808. The number of rotatable bonds is 2. The number of halogens is 2. The Hall–Kier alpha value is -2.10. The van der Waals surface area contributed by atoms with Crippen molar-refractivity contribution >= 4 is 17.1 Å². The first kappa shape index (κ1) is 11.4. The molecule has 2 N–H and O–H groups in total. The Kier molecular flexibility index (Phi) is 2.95. The van der Waals surface area contributed by atoms with Gasteiger partial charge in [-0.2, -0.15) is 0 Å². The van der Waals surface area contributed by atoms with Gasteiger partial charge in [-0.3, -0.25) is 0 Å². The summed E-state index contributed by atoms with van der Waals surface area (Å²) in [6.45, 7) is 0. The minimum atomic E-state index is -0.871. The summed E-state index contributed by atoms with van der Waals surface area (Å²) in [5.74, 6) is -1.73. The molecule has 2 rings (SSSR count). The molecule has 0 amide bonds. The number of hydrogen-bond donors (Lipinski definition) is 1. The molecule has 88 valence electrons. The van der Waals surface area contributed by atoms with E-state index >= 15 is 0 Å². The number of nitrogens with two attached hydrogens (primary N) is 1. The van der Waals surface area contributed by atoms with Crippen molar-refractivity contribution in [2.45, 2.75) is 0 Å². The molecule has 0 aliphatic heterocycles. The van der Waals surface area contributed by atoms with E-state index in [-0.39, 0.29) is 0 Å². The van der Waals surface area contributed by atoms with Gasteiger partial charge < -0.3 is 10.6 Å². The SMILES string of the molecule is CN(c1ccc(F)c(F)c1)c1ccccc1N. The Labute approximate surface area is 98.3 Å². The van der Waals surface area contributed by atoms with Crippen molar-refractivity contribution in [1.82, 2.24) is 0 Å². The van der Waals surface area contributed by atoms with Crippen LogP contribution in [-0.4, -0.2) is 7.05 Å². The van der Waals surface area contributed by atoms with E-state index in [2.05, 4.69) is 0 Å². The van der Waals surface area contributed by atoms with Gasteiger partial charge in [0, 0.05) is 18.8 Å². The molecular formula is C13H12F2N2. The summed E-state index contributed by atoms with van der Waals surface area (Å²) in [6.07, 6.45) is 0. The Morgan fingerprint density at radius 2 is 1.71 bits per heavy atom. The maximum Gasteiger partial charge on any atom is 0.160 e. The van der Waals surface area contributed by atoms with Gasteiger partial charge in [0.25, 0.3) is 0 Å². The van der Waals surface area contributed by atoms with Crippen LogP contribution in [0, 0.1) is 11.6 Å². The molecule has 0 spiro atoms. The summed E-state index contributed by atoms with van der Waals surface area (Å²) >= 11 is 0. The van der Waals surface area contributed by atoms with E-state index in [1.54, 1.807) is 18.0 Å². The van der Waals surface area contributed by atoms with Gasteiger partial charge in [0.05, 0.1) is 11.4 Å². The predicted molar refractivity (Wildman–Crippen MR) is 65.3 cm³/mol. The van der Waals surface area contributed by atoms with Crippen LogP contribution in [0.4, 0.5) is 25.8 Å². The fourth-order valence-corrected chi connectivity index (χ4v) is 1.63. The third-order valence-corrected chi connectivity index (χ3v) is 2.59. The minimum Gasteiger partial charge on any atom is -0.397 e. The van der Waals surface area contributed by atoms with Crippen molar-refractivity contribution in [2.75, 3.05) is 17.7 Å². The predicted octanol–water partition coefficient (Wildman–Crippen LogP) is 3.31. The van der Waals surface area contributed by atoms with Gasteiger partial charge in [0.1, 0.15) is 0 Å². The van der Waals surface area contributed by atoms with Crippen LogP contribution in [0.2, 0.25) is 0 Å². The molecular weight excluding hydrogens is 222 g/mol. The van der Waals surface area contributed by atoms with Crippen molar-refractivity contribution in [3.63, 3.8) is 0 Å². The van der Waals surface area contributed by atoms with Crippen LogP contribution in [0.1, 0.15) is 0 Å². The highest BCUT2D eigenvalue weighted by molar-refractivity contribution is 5.74.